The molecule has 3 rings (SSSR count). The molecular weight excluding hydrogens is 363 g/mol. The van der Waals surface area contributed by atoms with Gasteiger partial charge in [-0.2, -0.15) is 5.10 Å². The van der Waals surface area contributed by atoms with Gasteiger partial charge in [0, 0.05) is 24.3 Å². The molecule has 0 saturated carbocycles. The van der Waals surface area contributed by atoms with Crippen molar-refractivity contribution in [3.63, 3.8) is 0 Å². The normalized spacial score (nSPS) is 11.2. The van der Waals surface area contributed by atoms with E-state index in [9.17, 15) is 4.79 Å². The van der Waals surface area contributed by atoms with Gasteiger partial charge in [-0.3, -0.25) is 9.48 Å². The lowest BCUT2D eigenvalue weighted by Crippen LogP contribution is -2.03. The predicted molar refractivity (Wildman–Crippen MR) is 96.1 cm³/mol. The molecule has 0 spiro atoms. The van der Waals surface area contributed by atoms with Gasteiger partial charge in [0.1, 0.15) is 29.6 Å². The molecule has 7 heteroatoms. The SMILES string of the molecule is Cn1nccc1C(=O)/C=C/c1ccc(COc2cc(Cl)ccc2Cl)o1. The van der Waals surface area contributed by atoms with Crippen LogP contribution in [0.5, 0.6) is 5.75 Å². The Balaban J connectivity index is 1.62. The Bertz CT molecular complexity index is 928. The standard InChI is InChI=1S/C18H14Cl2N2O3/c1-22-16(8-9-21-22)17(23)7-5-13-3-4-14(25-13)11-24-18-10-12(19)2-6-15(18)20/h2-10H,11H2,1H3/b7-5+. The highest BCUT2D eigenvalue weighted by Crippen LogP contribution is 2.28. The van der Waals surface area contributed by atoms with Gasteiger partial charge in [0.25, 0.3) is 0 Å². The van der Waals surface area contributed by atoms with Crippen molar-refractivity contribution in [2.75, 3.05) is 0 Å². The zero-order valence-corrected chi connectivity index (χ0v) is 14.8. The average Bonchev–Trinajstić information content (AvgIpc) is 3.22. The summed E-state index contributed by atoms with van der Waals surface area (Å²) >= 11 is 12.0. The van der Waals surface area contributed by atoms with Crippen molar-refractivity contribution in [2.45, 2.75) is 6.61 Å². The van der Waals surface area contributed by atoms with Gasteiger partial charge in [0.15, 0.2) is 0 Å². The molecule has 128 valence electrons. The van der Waals surface area contributed by atoms with Gasteiger partial charge in [0.2, 0.25) is 5.78 Å². The molecule has 0 bridgehead atoms. The molecule has 0 fully saturated rings. The van der Waals surface area contributed by atoms with Gasteiger partial charge in [-0.15, -0.1) is 0 Å². The number of allylic oxidation sites excluding steroid dienone is 1. The van der Waals surface area contributed by atoms with E-state index in [0.29, 0.717) is 33.0 Å². The molecule has 25 heavy (non-hydrogen) atoms. The molecule has 0 saturated heterocycles. The minimum absolute atomic E-state index is 0.153. The van der Waals surface area contributed by atoms with Crippen molar-refractivity contribution in [1.29, 1.82) is 0 Å². The number of hydrogen-bond donors (Lipinski definition) is 0. The largest absolute Gasteiger partial charge is 0.484 e. The first-order chi connectivity index (χ1) is 12.0. The average molecular weight is 377 g/mol. The predicted octanol–water partition coefficient (Wildman–Crippen LogP) is 4.80. The van der Waals surface area contributed by atoms with Gasteiger partial charge < -0.3 is 9.15 Å². The van der Waals surface area contributed by atoms with E-state index in [1.54, 1.807) is 55.7 Å². The second kappa shape index (κ2) is 7.59. The summed E-state index contributed by atoms with van der Waals surface area (Å²) in [5.74, 6) is 1.48. The third-order valence-electron chi connectivity index (χ3n) is 3.42. The molecule has 3 aromatic rings. The summed E-state index contributed by atoms with van der Waals surface area (Å²) in [6.07, 6.45) is 4.61. The number of ketones is 1. The van der Waals surface area contributed by atoms with Gasteiger partial charge >= 0.3 is 0 Å². The summed E-state index contributed by atoms with van der Waals surface area (Å²) in [7, 11) is 1.71. The first-order valence-corrected chi connectivity index (χ1v) is 8.15. The quantitative estimate of drug-likeness (QED) is 0.458. The van der Waals surface area contributed by atoms with Crippen LogP contribution in [0.4, 0.5) is 0 Å². The number of carbonyl (C=O) groups is 1. The highest BCUT2D eigenvalue weighted by atomic mass is 35.5. The summed E-state index contributed by atoms with van der Waals surface area (Å²) in [6.45, 7) is 0.198. The van der Waals surface area contributed by atoms with Crippen molar-refractivity contribution >= 4 is 35.1 Å². The molecule has 2 heterocycles. The summed E-state index contributed by atoms with van der Waals surface area (Å²) < 4.78 is 12.7. The van der Waals surface area contributed by atoms with Gasteiger partial charge in [0.05, 0.1) is 5.02 Å². The molecule has 1 aromatic carbocycles. The van der Waals surface area contributed by atoms with Crippen molar-refractivity contribution < 1.29 is 13.9 Å². The number of halogens is 2. The molecule has 0 aliphatic carbocycles. The molecule has 0 aliphatic rings. The Labute approximate surface area is 154 Å². The first-order valence-electron chi connectivity index (χ1n) is 7.40. The van der Waals surface area contributed by atoms with E-state index in [1.165, 1.54) is 10.8 Å². The Hall–Kier alpha value is -2.50. The maximum atomic E-state index is 12.0. The van der Waals surface area contributed by atoms with E-state index in [1.807, 2.05) is 0 Å². The second-order valence-electron chi connectivity index (χ2n) is 5.21. The summed E-state index contributed by atoms with van der Waals surface area (Å²) in [6, 6.07) is 10.2. The van der Waals surface area contributed by atoms with Crippen LogP contribution in [-0.2, 0) is 13.7 Å². The number of rotatable bonds is 6. The molecule has 0 atom stereocenters. The van der Waals surface area contributed by atoms with Crippen LogP contribution < -0.4 is 4.74 Å². The van der Waals surface area contributed by atoms with Gasteiger partial charge in [-0.05, 0) is 42.5 Å². The fourth-order valence-corrected chi connectivity index (χ4v) is 2.49. The maximum Gasteiger partial charge on any atom is 0.203 e. The van der Waals surface area contributed by atoms with Crippen LogP contribution in [0, 0.1) is 0 Å². The number of carbonyl (C=O) groups excluding carboxylic acids is 1. The van der Waals surface area contributed by atoms with E-state index in [0.717, 1.165) is 0 Å². The number of aryl methyl sites for hydroxylation is 1. The number of furan rings is 1. The van der Waals surface area contributed by atoms with Crippen LogP contribution in [-0.4, -0.2) is 15.6 Å². The van der Waals surface area contributed by atoms with Crippen LogP contribution in [0.15, 0.2) is 53.1 Å². The van der Waals surface area contributed by atoms with E-state index in [2.05, 4.69) is 5.10 Å². The first kappa shape index (κ1) is 17.3. The molecule has 0 radical (unpaired) electrons. The topological polar surface area (TPSA) is 57.3 Å². The fraction of sp³-hybridized carbons (Fsp3) is 0.111. The van der Waals surface area contributed by atoms with E-state index < -0.39 is 0 Å². The third kappa shape index (κ3) is 4.32. The molecule has 0 amide bonds. The zero-order valence-electron chi connectivity index (χ0n) is 13.3. The molecule has 0 aliphatic heterocycles. The number of hydrogen-bond acceptors (Lipinski definition) is 4. The van der Waals surface area contributed by atoms with E-state index in [4.69, 9.17) is 32.4 Å². The number of nitrogens with zero attached hydrogens (tertiary/aromatic N) is 2. The van der Waals surface area contributed by atoms with Crippen LogP contribution in [0.1, 0.15) is 22.0 Å². The summed E-state index contributed by atoms with van der Waals surface area (Å²) in [5, 5.41) is 4.97. The Kier molecular flexibility index (Phi) is 5.26. The zero-order chi connectivity index (χ0) is 17.8. The van der Waals surface area contributed by atoms with Crippen molar-refractivity contribution in [1.82, 2.24) is 9.78 Å². The van der Waals surface area contributed by atoms with Crippen LogP contribution >= 0.6 is 23.2 Å². The fourth-order valence-electron chi connectivity index (χ4n) is 2.16. The van der Waals surface area contributed by atoms with Crippen molar-refractivity contribution in [2.24, 2.45) is 7.05 Å². The highest BCUT2D eigenvalue weighted by molar-refractivity contribution is 6.34. The van der Waals surface area contributed by atoms with Crippen LogP contribution in [0.25, 0.3) is 6.08 Å². The molecule has 5 nitrogen and oxygen atoms in total. The number of aromatic nitrogens is 2. The Morgan fingerprint density at radius 3 is 2.88 bits per heavy atom. The summed E-state index contributed by atoms with van der Waals surface area (Å²) in [4.78, 5) is 12.0. The maximum absolute atomic E-state index is 12.0. The number of ether oxygens (including phenoxy) is 1. The second-order valence-corrected chi connectivity index (χ2v) is 6.05. The van der Waals surface area contributed by atoms with E-state index in [-0.39, 0.29) is 12.4 Å². The molecular formula is C18H14Cl2N2O3. The number of benzene rings is 1. The smallest absolute Gasteiger partial charge is 0.203 e. The van der Waals surface area contributed by atoms with Crippen molar-refractivity contribution in [3.8, 4) is 5.75 Å². The Morgan fingerprint density at radius 2 is 2.12 bits per heavy atom. The summed E-state index contributed by atoms with van der Waals surface area (Å²) in [5.41, 5.74) is 0.502. The minimum atomic E-state index is -0.153. The van der Waals surface area contributed by atoms with Gasteiger partial charge in [-0.1, -0.05) is 23.2 Å². The molecule has 0 N–H and O–H groups in total. The highest BCUT2D eigenvalue weighted by Gasteiger charge is 2.08. The lowest BCUT2D eigenvalue weighted by Gasteiger charge is -2.06. The van der Waals surface area contributed by atoms with Crippen LogP contribution in [0.3, 0.4) is 0 Å². The van der Waals surface area contributed by atoms with E-state index >= 15 is 0 Å². The minimum Gasteiger partial charge on any atom is -0.484 e. The Morgan fingerprint density at radius 1 is 1.28 bits per heavy atom. The van der Waals surface area contributed by atoms with Crippen LogP contribution in [0.2, 0.25) is 10.0 Å². The lowest BCUT2D eigenvalue weighted by molar-refractivity contribution is 0.103. The molecule has 0 unspecified atom stereocenters. The van der Waals surface area contributed by atoms with Crippen molar-refractivity contribution in [3.05, 3.63) is 75.9 Å². The lowest BCUT2D eigenvalue weighted by atomic mass is 10.2. The monoisotopic (exact) mass is 376 g/mol. The van der Waals surface area contributed by atoms with Gasteiger partial charge in [-0.25, -0.2) is 0 Å². The molecule has 2 aromatic heterocycles. The third-order valence-corrected chi connectivity index (χ3v) is 3.97.